The number of phenolic OH excluding ortho intramolecular Hbond substituents is 3. The first-order chi connectivity index (χ1) is 55.5. The van der Waals surface area contributed by atoms with Crippen molar-refractivity contribution in [2.45, 2.75) is 169 Å². The second-order valence-corrected chi connectivity index (χ2v) is 29.9. The summed E-state index contributed by atoms with van der Waals surface area (Å²) in [6.07, 6.45) is -17.1. The van der Waals surface area contributed by atoms with Crippen molar-refractivity contribution in [3.8, 4) is 62.9 Å². The van der Waals surface area contributed by atoms with E-state index >= 15 is 19.2 Å². The fraction of sp³-hybridized carbons (Fsp3) is 0.397. The lowest BCUT2D eigenvalue weighted by Gasteiger charge is -2.48. The van der Waals surface area contributed by atoms with E-state index in [1.54, 1.807) is 38.1 Å². The number of halogens is 2. The van der Waals surface area contributed by atoms with Gasteiger partial charge < -0.3 is 143 Å². The zero-order valence-electron chi connectivity index (χ0n) is 62.9. The number of carbonyl (C=O) groups is 9. The fourth-order valence-electron chi connectivity index (χ4n) is 14.0. The molecule has 23 N–H and O–H groups in total. The average Bonchev–Trinajstić information content (AvgIpc) is 0.766. The molecule has 13 rings (SSSR count). The van der Waals surface area contributed by atoms with E-state index in [0.29, 0.717) is 18.8 Å². The molecule has 117 heavy (non-hydrogen) atoms. The van der Waals surface area contributed by atoms with Crippen molar-refractivity contribution in [1.29, 1.82) is 0 Å². The van der Waals surface area contributed by atoms with Crippen molar-refractivity contribution in [3.05, 3.63) is 159 Å². The van der Waals surface area contributed by atoms with Gasteiger partial charge in [0.2, 0.25) is 59.3 Å². The van der Waals surface area contributed by atoms with Gasteiger partial charge in [-0.05, 0) is 126 Å². The van der Waals surface area contributed by atoms with Crippen molar-refractivity contribution in [2.24, 2.45) is 17.4 Å². The van der Waals surface area contributed by atoms with Crippen LogP contribution in [0.15, 0.2) is 116 Å². The predicted molar refractivity (Wildman–Crippen MR) is 408 cm³/mol. The highest BCUT2D eigenvalue weighted by molar-refractivity contribution is 6.32. The number of nitrogens with two attached hydrogens (primary N) is 2. The van der Waals surface area contributed by atoms with E-state index in [0.717, 1.165) is 84.4 Å². The summed E-state index contributed by atoms with van der Waals surface area (Å²) in [6, 6.07) is 3.25. The summed E-state index contributed by atoms with van der Waals surface area (Å²) < 4.78 is 45.1. The number of carboxylic acid groups (broad SMARTS) is 1. The highest BCUT2D eigenvalue weighted by atomic mass is 35.5. The molecule has 6 aromatic carbocycles. The Labute approximate surface area is 676 Å². The summed E-state index contributed by atoms with van der Waals surface area (Å²) in [4.78, 5) is 132. The van der Waals surface area contributed by atoms with Crippen LogP contribution in [0.4, 0.5) is 0 Å². The molecule has 0 unspecified atom stereocenters. The van der Waals surface area contributed by atoms with Crippen LogP contribution in [0.5, 0.6) is 51.7 Å². The molecule has 2 fully saturated rings. The molecular formula is C78H88Cl2N10O27. The summed E-state index contributed by atoms with van der Waals surface area (Å²) in [5.74, 6) is -18.4. The lowest BCUT2D eigenvalue weighted by Crippen LogP contribution is -2.65. The van der Waals surface area contributed by atoms with Gasteiger partial charge in [-0.2, -0.15) is 0 Å². The quantitative estimate of drug-likeness (QED) is 0.0349. The summed E-state index contributed by atoms with van der Waals surface area (Å²) >= 11 is 14.2. The van der Waals surface area contributed by atoms with Crippen LogP contribution in [0, 0.1) is 5.92 Å². The minimum atomic E-state index is -2.42. The lowest BCUT2D eigenvalue weighted by atomic mass is 9.84. The van der Waals surface area contributed by atoms with Crippen molar-refractivity contribution in [1.82, 2.24) is 42.5 Å². The first-order valence-corrected chi connectivity index (χ1v) is 37.5. The first kappa shape index (κ1) is 86.8. The van der Waals surface area contributed by atoms with Crippen LogP contribution in [0.3, 0.4) is 0 Å². The predicted octanol–water partition coefficient (Wildman–Crippen LogP) is 0.719. The average molecular weight is 1670 g/mol. The lowest BCUT2D eigenvalue weighted by molar-refractivity contribution is -0.334. The molecule has 37 nitrogen and oxygen atoms in total. The van der Waals surface area contributed by atoms with Gasteiger partial charge >= 0.3 is 5.97 Å². The second kappa shape index (κ2) is 36.7. The van der Waals surface area contributed by atoms with Crippen LogP contribution >= 0.6 is 23.2 Å². The number of aliphatic carboxylic acids is 1. The van der Waals surface area contributed by atoms with Crippen molar-refractivity contribution in [2.75, 3.05) is 19.8 Å². The number of aliphatic hydroxyl groups is 7. The molecule has 7 aliphatic heterocycles. The second-order valence-electron chi connectivity index (χ2n) is 29.1. The zero-order chi connectivity index (χ0) is 84.9. The number of hydrogen-bond acceptors (Lipinski definition) is 28. The van der Waals surface area contributed by atoms with E-state index in [2.05, 4.69) is 49.1 Å². The monoisotopic (exact) mass is 1670 g/mol. The van der Waals surface area contributed by atoms with Gasteiger partial charge in [0.15, 0.2) is 23.9 Å². The fourth-order valence-corrected chi connectivity index (χ4v) is 14.4. The Morgan fingerprint density at radius 2 is 1.37 bits per heavy atom. The number of carbonyl (C=O) groups excluding carboxylic acids is 8. The van der Waals surface area contributed by atoms with Gasteiger partial charge in [-0.3, -0.25) is 38.4 Å². The molecule has 0 aliphatic carbocycles. The van der Waals surface area contributed by atoms with E-state index in [-0.39, 0.29) is 24.1 Å². The van der Waals surface area contributed by atoms with Gasteiger partial charge in [-0.1, -0.05) is 73.5 Å². The van der Waals surface area contributed by atoms with Crippen molar-refractivity contribution in [3.63, 3.8) is 0 Å². The number of fused-ring (bicyclic) bond motifs is 15. The van der Waals surface area contributed by atoms with Gasteiger partial charge in [-0.15, -0.1) is 6.58 Å². The van der Waals surface area contributed by atoms with Gasteiger partial charge in [-0.25, -0.2) is 4.79 Å². The summed E-state index contributed by atoms with van der Waals surface area (Å²) in [7, 11) is 0. The van der Waals surface area contributed by atoms with E-state index < -0.39 is 278 Å². The molecule has 0 saturated carbocycles. The molecule has 626 valence electrons. The first-order valence-electron chi connectivity index (χ1n) is 36.7. The molecule has 2 saturated heterocycles. The van der Waals surface area contributed by atoms with Crippen LogP contribution in [-0.4, -0.2) is 214 Å². The van der Waals surface area contributed by atoms with Crippen LogP contribution in [0.25, 0.3) is 11.1 Å². The van der Waals surface area contributed by atoms with Crippen LogP contribution in [0.1, 0.15) is 111 Å². The molecule has 0 aromatic heterocycles. The van der Waals surface area contributed by atoms with E-state index in [9.17, 15) is 80.1 Å². The maximum atomic E-state index is 16.2. The van der Waals surface area contributed by atoms with Gasteiger partial charge in [0, 0.05) is 35.7 Å². The Balaban J connectivity index is 1.12. The number of aromatic hydroxyl groups is 3. The van der Waals surface area contributed by atoms with E-state index in [1.807, 2.05) is 6.07 Å². The Morgan fingerprint density at radius 3 is 1.99 bits per heavy atom. The zero-order valence-corrected chi connectivity index (χ0v) is 64.4. The molecule has 6 aromatic rings. The van der Waals surface area contributed by atoms with Crippen molar-refractivity contribution < 1.29 is 132 Å². The number of carboxylic acids is 1. The number of ether oxygens (including phenoxy) is 7. The maximum Gasteiger partial charge on any atom is 0.326 e. The number of rotatable bonds is 21. The Hall–Kier alpha value is -11.0. The number of nitrogens with one attached hydrogen (secondary N) is 8. The van der Waals surface area contributed by atoms with Crippen LogP contribution in [0.2, 0.25) is 10.0 Å². The third kappa shape index (κ3) is 19.3. The number of phenols is 3. The third-order valence-electron chi connectivity index (χ3n) is 20.3. The summed E-state index contributed by atoms with van der Waals surface area (Å²) in [6.45, 7) is 8.35. The molecule has 11 bridgehead atoms. The molecule has 19 atom stereocenters. The number of primary amides is 1. The molecular weight excluding hydrogens is 1580 g/mol. The van der Waals surface area contributed by atoms with Crippen LogP contribution < -0.4 is 72.9 Å². The molecule has 7 heterocycles. The third-order valence-corrected chi connectivity index (χ3v) is 20.9. The molecule has 39 heteroatoms. The molecule has 7 aliphatic rings. The SMILES string of the molecule is C=CCCOc1cccc(CN[C@@]2(C)C[C@H](O[C@H]3[C@H](Oc4c5cc6cc4Oc4ccc(cc4Cl)[C@@H](O)[C@@H](NC(=O)[C@@H](N)CO)C(=O)N[C@@H](CC(N)=O)C(=O)N[C@H]6C(=O)N[C@H]4C(=O)N[C@H](C(=O)N[C@H](C(=O)N[C@H](C(=O)O)C(C)C)c6cc(O)cc(O)c6-c6cc4ccc6O)[C@H](O)c4ccc(c(Cl)c4)O5)O[C@H](CO)[C@@H](O)[C@@H]3O)O[C@@H](C)[C@H]2O)c1. The smallest absolute Gasteiger partial charge is 0.326 e. The minimum absolute atomic E-state index is 0.156. The Kier molecular flexibility index (Phi) is 27.2. The summed E-state index contributed by atoms with van der Waals surface area (Å²) in [5, 5.41) is 145. The summed E-state index contributed by atoms with van der Waals surface area (Å²) in [5.41, 5.74) is 7.91. The van der Waals surface area contributed by atoms with Gasteiger partial charge in [0.05, 0.1) is 48.5 Å². The Bertz CT molecular complexity index is 4810. The number of aliphatic hydroxyl groups excluding tert-OH is 7. The molecule has 0 radical (unpaired) electrons. The normalized spacial score (nSPS) is 27.2. The van der Waals surface area contributed by atoms with Crippen LogP contribution in [-0.2, 0) is 63.9 Å². The van der Waals surface area contributed by atoms with Crippen molar-refractivity contribution >= 4 is 76.4 Å². The largest absolute Gasteiger partial charge is 0.508 e. The molecule has 8 amide bonds. The molecule has 0 spiro atoms. The highest BCUT2D eigenvalue weighted by Crippen LogP contribution is 2.50. The number of benzene rings is 6. The maximum absolute atomic E-state index is 16.2. The van der Waals surface area contributed by atoms with E-state index in [4.69, 9.17) is 67.8 Å². The number of amides is 8. The standard InChI is InChI=1S/C78H88Cl2N10O27/c1-6-7-17-111-39-10-8-9-33(18-39)28-83-78(5)27-54(112-32(4)68(78)101)116-67-65(100)64(99)52(30-92)115-77(67)117-66-50-22-37-23-51(66)114-49-16-13-36(21-43(49)80)63(98)61-75(108)88-59(73(106)85-56(31(2)3)76(109)110)41-24-38(93)25-47(95)55(41)40-19-34(11-14-46(40)94)57(71(104)90-61)87-72(105)58(37)86-70(103)45(26-53(82)96)84-74(107)60(89-69(102)44(81)29-91)62(97)35-12-15-48(113-50)42(79)20-35/h6,8-16,18-25,31-32,44-45,52,54,56-65,67-68,77,83,91-95,97-101H,1,7,17,26-30,81H2,2-5H3,(H2,82,96)(H,84,107)(H,85,106)(H,86,103)(H,87,105)(H,88,108)(H,89,102)(H,90,104)(H,109,110)/t32-,44-,45-,52+,54-,56-,57+,58+,59-,60+,61-,62+,63+,64+,65-,67+,68+,77-,78-/m0/s1. The Morgan fingerprint density at radius 1 is 0.726 bits per heavy atom. The van der Waals surface area contributed by atoms with E-state index in [1.165, 1.54) is 13.8 Å². The van der Waals surface area contributed by atoms with Gasteiger partial charge in [0.1, 0.15) is 113 Å². The number of hydrogen-bond donors (Lipinski definition) is 21. The van der Waals surface area contributed by atoms with Gasteiger partial charge in [0.25, 0.3) is 0 Å². The highest BCUT2D eigenvalue weighted by Gasteiger charge is 2.52. The minimum Gasteiger partial charge on any atom is -0.508 e. The topological polar surface area (TPSA) is 589 Å².